The Labute approximate surface area is 108 Å². The number of nitrogens with zero attached hydrogens (tertiary/aromatic N) is 2. The highest BCUT2D eigenvalue weighted by Crippen LogP contribution is 2.00. The van der Waals surface area contributed by atoms with E-state index in [0.29, 0.717) is 0 Å². The highest BCUT2D eigenvalue weighted by Gasteiger charge is 2.12. The Balaban J connectivity index is 2.25. The van der Waals surface area contributed by atoms with Crippen LogP contribution < -0.4 is 11.1 Å². The molecule has 1 heterocycles. The summed E-state index contributed by atoms with van der Waals surface area (Å²) in [7, 11) is 3.81. The molecule has 100 valence electrons. The third-order valence-corrected chi connectivity index (χ3v) is 3.02. The summed E-state index contributed by atoms with van der Waals surface area (Å²) >= 11 is 0. The fourth-order valence-electron chi connectivity index (χ4n) is 1.76. The lowest BCUT2D eigenvalue weighted by Crippen LogP contribution is -2.41. The molecule has 5 nitrogen and oxygen atoms in total. The van der Waals surface area contributed by atoms with Gasteiger partial charge in [0.2, 0.25) is 5.91 Å². The lowest BCUT2D eigenvalue weighted by molar-refractivity contribution is -0.120. The fraction of sp³-hybridized carbons (Fsp3) is 0.538. The molecule has 0 aliphatic carbocycles. The molecule has 1 atom stereocenters. The SMILES string of the molecule is CNC(CCN(C)CCc1ccncc1)C(N)=O. The van der Waals surface area contributed by atoms with Crippen LogP contribution in [0.1, 0.15) is 12.0 Å². The maximum atomic E-state index is 11.1. The Hall–Kier alpha value is -1.46. The van der Waals surface area contributed by atoms with Crippen molar-refractivity contribution in [2.24, 2.45) is 5.73 Å². The van der Waals surface area contributed by atoms with Crippen molar-refractivity contribution in [1.29, 1.82) is 0 Å². The van der Waals surface area contributed by atoms with Gasteiger partial charge in [0, 0.05) is 18.9 Å². The van der Waals surface area contributed by atoms with Crippen molar-refractivity contribution in [3.63, 3.8) is 0 Å². The van der Waals surface area contributed by atoms with E-state index in [-0.39, 0.29) is 11.9 Å². The fourth-order valence-corrected chi connectivity index (χ4v) is 1.76. The van der Waals surface area contributed by atoms with E-state index < -0.39 is 0 Å². The molecule has 0 bridgehead atoms. The minimum atomic E-state index is -0.292. The molecule has 0 aromatic carbocycles. The van der Waals surface area contributed by atoms with Crippen molar-refractivity contribution in [2.45, 2.75) is 18.9 Å². The van der Waals surface area contributed by atoms with Gasteiger partial charge in [0.15, 0.2) is 0 Å². The number of nitrogens with one attached hydrogen (secondary N) is 1. The van der Waals surface area contributed by atoms with Crippen molar-refractivity contribution in [3.8, 4) is 0 Å². The second kappa shape index (κ2) is 7.79. The molecule has 0 fully saturated rings. The number of carbonyl (C=O) groups excluding carboxylic acids is 1. The lowest BCUT2D eigenvalue weighted by Gasteiger charge is -2.19. The zero-order chi connectivity index (χ0) is 13.4. The summed E-state index contributed by atoms with van der Waals surface area (Å²) in [5, 5.41) is 2.92. The van der Waals surface area contributed by atoms with Gasteiger partial charge in [-0.05, 0) is 51.2 Å². The molecule has 5 heteroatoms. The molecule has 3 N–H and O–H groups in total. The summed E-state index contributed by atoms with van der Waals surface area (Å²) in [6.07, 6.45) is 5.33. The number of pyridine rings is 1. The average Bonchev–Trinajstić information content (AvgIpc) is 2.38. The van der Waals surface area contributed by atoms with Crippen LogP contribution in [0, 0.1) is 0 Å². The first-order valence-electron chi connectivity index (χ1n) is 6.17. The molecule has 1 amide bonds. The Kier molecular flexibility index (Phi) is 6.32. The maximum absolute atomic E-state index is 11.1. The average molecular weight is 250 g/mol. The minimum Gasteiger partial charge on any atom is -0.368 e. The molecule has 1 rings (SSSR count). The molecule has 0 radical (unpaired) electrons. The summed E-state index contributed by atoms with van der Waals surface area (Å²) in [5.41, 5.74) is 6.55. The Morgan fingerprint density at radius 3 is 2.67 bits per heavy atom. The second-order valence-electron chi connectivity index (χ2n) is 4.44. The van der Waals surface area contributed by atoms with Gasteiger partial charge in [0.25, 0.3) is 0 Å². The van der Waals surface area contributed by atoms with Gasteiger partial charge in [-0.25, -0.2) is 0 Å². The molecule has 0 saturated carbocycles. The van der Waals surface area contributed by atoms with Gasteiger partial charge in [-0.3, -0.25) is 9.78 Å². The van der Waals surface area contributed by atoms with Crippen LogP contribution in [0.4, 0.5) is 0 Å². The highest BCUT2D eigenvalue weighted by atomic mass is 16.1. The molecule has 18 heavy (non-hydrogen) atoms. The number of rotatable bonds is 8. The number of hydrogen-bond acceptors (Lipinski definition) is 4. The Bertz CT molecular complexity index is 355. The predicted octanol–water partition coefficient (Wildman–Crippen LogP) is 0.0193. The van der Waals surface area contributed by atoms with E-state index in [0.717, 1.165) is 25.9 Å². The number of primary amides is 1. The van der Waals surface area contributed by atoms with Gasteiger partial charge in [0.05, 0.1) is 6.04 Å². The van der Waals surface area contributed by atoms with Crippen LogP contribution in [0.25, 0.3) is 0 Å². The summed E-state index contributed by atoms with van der Waals surface area (Å²) in [6.45, 7) is 1.80. The number of carbonyl (C=O) groups is 1. The van der Waals surface area contributed by atoms with Gasteiger partial charge in [-0.2, -0.15) is 0 Å². The molecule has 0 aliphatic rings. The largest absolute Gasteiger partial charge is 0.368 e. The third-order valence-electron chi connectivity index (χ3n) is 3.02. The van der Waals surface area contributed by atoms with E-state index in [9.17, 15) is 4.79 Å². The van der Waals surface area contributed by atoms with Gasteiger partial charge in [0.1, 0.15) is 0 Å². The van der Waals surface area contributed by atoms with E-state index in [1.807, 2.05) is 12.1 Å². The number of hydrogen-bond donors (Lipinski definition) is 2. The van der Waals surface area contributed by atoms with Crippen LogP contribution in [0.5, 0.6) is 0 Å². The molecule has 0 saturated heterocycles. The molecule has 1 aromatic rings. The van der Waals surface area contributed by atoms with Gasteiger partial charge in [-0.15, -0.1) is 0 Å². The van der Waals surface area contributed by atoms with E-state index in [4.69, 9.17) is 5.73 Å². The normalized spacial score (nSPS) is 12.6. The third kappa shape index (κ3) is 5.25. The smallest absolute Gasteiger partial charge is 0.234 e. The number of amides is 1. The van der Waals surface area contributed by atoms with Crippen molar-refractivity contribution < 1.29 is 4.79 Å². The topological polar surface area (TPSA) is 71.2 Å². The van der Waals surface area contributed by atoms with E-state index in [1.165, 1.54) is 5.56 Å². The number of aromatic nitrogens is 1. The van der Waals surface area contributed by atoms with Crippen LogP contribution in [0.15, 0.2) is 24.5 Å². The maximum Gasteiger partial charge on any atom is 0.234 e. The first kappa shape index (κ1) is 14.6. The van der Waals surface area contributed by atoms with Gasteiger partial charge < -0.3 is 16.0 Å². The van der Waals surface area contributed by atoms with Crippen LogP contribution in [-0.2, 0) is 11.2 Å². The van der Waals surface area contributed by atoms with Crippen LogP contribution in [0.2, 0.25) is 0 Å². The molecule has 0 spiro atoms. The molecular formula is C13H22N4O. The van der Waals surface area contributed by atoms with Crippen LogP contribution in [-0.4, -0.2) is 49.0 Å². The summed E-state index contributed by atoms with van der Waals surface area (Å²) < 4.78 is 0. The van der Waals surface area contributed by atoms with E-state index >= 15 is 0 Å². The lowest BCUT2D eigenvalue weighted by atomic mass is 10.1. The van der Waals surface area contributed by atoms with E-state index in [1.54, 1.807) is 19.4 Å². The number of likely N-dealkylation sites (N-methyl/N-ethyl adjacent to an activating group) is 2. The summed E-state index contributed by atoms with van der Waals surface area (Å²) in [4.78, 5) is 17.2. The van der Waals surface area contributed by atoms with Crippen LogP contribution in [0.3, 0.4) is 0 Å². The summed E-state index contributed by atoms with van der Waals surface area (Å²) in [6, 6.07) is 3.80. The standard InChI is InChI=1S/C13H22N4O/c1-15-12(13(14)18)6-10-17(2)9-5-11-3-7-16-8-4-11/h3-4,7-8,12,15H,5-6,9-10H2,1-2H3,(H2,14,18). The van der Waals surface area contributed by atoms with Crippen molar-refractivity contribution in [3.05, 3.63) is 30.1 Å². The quantitative estimate of drug-likeness (QED) is 0.682. The molecular weight excluding hydrogens is 228 g/mol. The monoisotopic (exact) mass is 250 g/mol. The highest BCUT2D eigenvalue weighted by molar-refractivity contribution is 5.79. The summed E-state index contributed by atoms with van der Waals surface area (Å²) in [5.74, 6) is -0.292. The van der Waals surface area contributed by atoms with Crippen LogP contribution >= 0.6 is 0 Å². The Morgan fingerprint density at radius 2 is 2.11 bits per heavy atom. The second-order valence-corrected chi connectivity index (χ2v) is 4.44. The van der Waals surface area contributed by atoms with Crippen molar-refractivity contribution >= 4 is 5.91 Å². The first-order valence-corrected chi connectivity index (χ1v) is 6.17. The molecule has 0 aliphatic heterocycles. The predicted molar refractivity (Wildman–Crippen MR) is 72.1 cm³/mol. The van der Waals surface area contributed by atoms with Gasteiger partial charge >= 0.3 is 0 Å². The zero-order valence-corrected chi connectivity index (χ0v) is 11.1. The molecule has 1 unspecified atom stereocenters. The van der Waals surface area contributed by atoms with Crippen molar-refractivity contribution in [1.82, 2.24) is 15.2 Å². The Morgan fingerprint density at radius 1 is 1.44 bits per heavy atom. The first-order chi connectivity index (χ1) is 8.63. The van der Waals surface area contributed by atoms with Gasteiger partial charge in [-0.1, -0.05) is 0 Å². The number of nitrogens with two attached hydrogens (primary N) is 1. The minimum absolute atomic E-state index is 0.242. The molecule has 1 aromatic heterocycles. The van der Waals surface area contributed by atoms with Crippen molar-refractivity contribution in [2.75, 3.05) is 27.2 Å². The van der Waals surface area contributed by atoms with E-state index in [2.05, 4.69) is 22.2 Å². The zero-order valence-electron chi connectivity index (χ0n) is 11.1.